The molecule has 2 rings (SSSR count). The molecule has 1 aliphatic carbocycles. The Bertz CT molecular complexity index is 632. The highest BCUT2D eigenvalue weighted by atomic mass is 31.2. The fraction of sp³-hybridized carbons (Fsp3) is 0.273. The van der Waals surface area contributed by atoms with Gasteiger partial charge < -0.3 is 24.7 Å². The van der Waals surface area contributed by atoms with Crippen LogP contribution in [0.25, 0.3) is 6.08 Å². The lowest BCUT2D eigenvalue weighted by molar-refractivity contribution is 0.289. The third-order valence-corrected chi connectivity index (χ3v) is 7.64. The summed E-state index contributed by atoms with van der Waals surface area (Å²) in [6, 6.07) is 5.85. The molecule has 0 radical (unpaired) electrons. The third kappa shape index (κ3) is 2.03. The molecule has 110 valence electrons. The summed E-state index contributed by atoms with van der Waals surface area (Å²) < 4.78 is 23.9. The van der Waals surface area contributed by atoms with Gasteiger partial charge in [-0.05, 0) is 23.1 Å². The molecular formula is C11H14O7P2. The van der Waals surface area contributed by atoms with Crippen molar-refractivity contribution < 1.29 is 33.8 Å². The van der Waals surface area contributed by atoms with Crippen molar-refractivity contribution in [3.63, 3.8) is 0 Å². The molecule has 0 spiro atoms. The zero-order valence-corrected chi connectivity index (χ0v) is 12.0. The molecule has 0 aliphatic heterocycles. The van der Waals surface area contributed by atoms with Gasteiger partial charge in [-0.2, -0.15) is 0 Å². The van der Waals surface area contributed by atoms with Gasteiger partial charge in [0.25, 0.3) is 0 Å². The molecule has 0 amide bonds. The average Bonchev–Trinajstić information content (AvgIpc) is 2.62. The molecule has 0 fully saturated rings. The van der Waals surface area contributed by atoms with Crippen molar-refractivity contribution in [2.45, 2.75) is 11.3 Å². The Morgan fingerprint density at radius 1 is 1.00 bits per heavy atom. The van der Waals surface area contributed by atoms with Crippen LogP contribution < -0.4 is 0 Å². The molecule has 0 bridgehead atoms. The number of benzene rings is 1. The van der Waals surface area contributed by atoms with E-state index in [-0.39, 0.29) is 17.6 Å². The van der Waals surface area contributed by atoms with Gasteiger partial charge in [-0.1, -0.05) is 30.3 Å². The molecule has 1 aliphatic rings. The normalized spacial score (nSPS) is 17.8. The van der Waals surface area contributed by atoms with Crippen LogP contribution >= 0.6 is 15.2 Å². The summed E-state index contributed by atoms with van der Waals surface area (Å²) >= 11 is 0. The molecule has 20 heavy (non-hydrogen) atoms. The number of hydrogen-bond donors (Lipinski definition) is 5. The molecule has 9 heteroatoms. The summed E-state index contributed by atoms with van der Waals surface area (Å²) in [6.07, 6.45) is 1.09. The Kier molecular flexibility index (Phi) is 3.82. The summed E-state index contributed by atoms with van der Waals surface area (Å²) in [5.41, 5.74) is 0.0792. The fourth-order valence-corrected chi connectivity index (χ4v) is 6.12. The molecule has 0 aromatic heterocycles. The van der Waals surface area contributed by atoms with Crippen molar-refractivity contribution in [2.24, 2.45) is 0 Å². The summed E-state index contributed by atoms with van der Waals surface area (Å²) in [5, 5.41) is 9.02. The van der Waals surface area contributed by atoms with Gasteiger partial charge in [0.15, 0.2) is 0 Å². The SMILES string of the molecule is O=P(O)(O)C1(P(=O)(O)O)C(CCO)=Cc2ccccc21. The standard InChI is InChI=1S/C11H14O7P2/c12-6-5-9-7-8-3-1-2-4-10(8)11(9,19(13,14)15)20(16,17)18/h1-4,7,12H,5-6H2,(H2,13,14,15)(H2,16,17,18). The number of aliphatic hydroxyl groups is 1. The molecule has 0 unspecified atom stereocenters. The smallest absolute Gasteiger partial charge is 0.352 e. The van der Waals surface area contributed by atoms with Crippen LogP contribution in [0, 0.1) is 0 Å². The second kappa shape index (κ2) is 4.90. The van der Waals surface area contributed by atoms with Crippen molar-refractivity contribution in [1.82, 2.24) is 0 Å². The molecule has 0 atom stereocenters. The van der Waals surface area contributed by atoms with Gasteiger partial charge in [-0.25, -0.2) is 0 Å². The fourth-order valence-electron chi connectivity index (χ4n) is 2.63. The van der Waals surface area contributed by atoms with Crippen molar-refractivity contribution in [2.75, 3.05) is 6.61 Å². The van der Waals surface area contributed by atoms with Gasteiger partial charge in [0.2, 0.25) is 4.90 Å². The Balaban J connectivity index is 2.87. The predicted octanol–water partition coefficient (Wildman–Crippen LogP) is 0.974. The average molecular weight is 320 g/mol. The van der Waals surface area contributed by atoms with E-state index in [2.05, 4.69) is 0 Å². The van der Waals surface area contributed by atoms with Gasteiger partial charge in [-0.15, -0.1) is 0 Å². The quantitative estimate of drug-likeness (QED) is 0.522. The Morgan fingerprint density at radius 2 is 1.55 bits per heavy atom. The summed E-state index contributed by atoms with van der Waals surface area (Å²) in [5.74, 6) is 0. The van der Waals surface area contributed by atoms with Crippen molar-refractivity contribution in [1.29, 1.82) is 0 Å². The molecular weight excluding hydrogens is 306 g/mol. The molecule has 0 saturated heterocycles. The molecule has 1 aromatic carbocycles. The van der Waals surface area contributed by atoms with Crippen molar-refractivity contribution in [3.8, 4) is 0 Å². The highest BCUT2D eigenvalue weighted by Gasteiger charge is 2.65. The first-order valence-electron chi connectivity index (χ1n) is 5.69. The predicted molar refractivity (Wildman–Crippen MR) is 71.9 cm³/mol. The van der Waals surface area contributed by atoms with E-state index in [1.165, 1.54) is 24.3 Å². The minimum Gasteiger partial charge on any atom is -0.396 e. The molecule has 0 saturated carbocycles. The zero-order chi connectivity index (χ0) is 15.2. The maximum Gasteiger partial charge on any atom is 0.352 e. The number of hydrogen-bond acceptors (Lipinski definition) is 3. The Hall–Kier alpha value is -0.780. The Labute approximate surface area is 114 Å². The highest BCUT2D eigenvalue weighted by Crippen LogP contribution is 2.80. The van der Waals surface area contributed by atoms with E-state index >= 15 is 0 Å². The largest absolute Gasteiger partial charge is 0.396 e. The first kappa shape index (κ1) is 15.6. The van der Waals surface area contributed by atoms with Gasteiger partial charge >= 0.3 is 15.2 Å². The van der Waals surface area contributed by atoms with Crippen LogP contribution in [0.1, 0.15) is 17.5 Å². The molecule has 0 heterocycles. The van der Waals surface area contributed by atoms with E-state index < -0.39 is 26.7 Å². The van der Waals surface area contributed by atoms with Crippen LogP contribution in [0.2, 0.25) is 0 Å². The van der Waals surface area contributed by atoms with E-state index in [0.29, 0.717) is 5.56 Å². The number of aliphatic hydroxyl groups excluding tert-OH is 1. The number of fused-ring (bicyclic) bond motifs is 1. The lowest BCUT2D eigenvalue weighted by Crippen LogP contribution is -2.27. The van der Waals surface area contributed by atoms with E-state index in [1.54, 1.807) is 6.07 Å². The van der Waals surface area contributed by atoms with Crippen LogP contribution in [0.15, 0.2) is 29.8 Å². The van der Waals surface area contributed by atoms with Gasteiger partial charge in [0.1, 0.15) is 0 Å². The molecule has 1 aromatic rings. The van der Waals surface area contributed by atoms with E-state index in [9.17, 15) is 28.7 Å². The second-order valence-corrected chi connectivity index (χ2v) is 8.36. The van der Waals surface area contributed by atoms with Gasteiger partial charge in [0, 0.05) is 6.61 Å². The monoisotopic (exact) mass is 320 g/mol. The summed E-state index contributed by atoms with van der Waals surface area (Å²) in [6.45, 7) is -0.471. The van der Waals surface area contributed by atoms with E-state index in [1.807, 2.05) is 0 Å². The van der Waals surface area contributed by atoms with E-state index in [0.717, 1.165) is 0 Å². The molecule has 7 nitrogen and oxygen atoms in total. The topological polar surface area (TPSA) is 135 Å². The maximum absolute atomic E-state index is 11.9. The van der Waals surface area contributed by atoms with Gasteiger partial charge in [-0.3, -0.25) is 9.13 Å². The Morgan fingerprint density at radius 3 is 2.05 bits per heavy atom. The molecule has 5 N–H and O–H groups in total. The minimum absolute atomic E-state index is 0.106. The maximum atomic E-state index is 11.9. The van der Waals surface area contributed by atoms with Crippen LogP contribution in [0.3, 0.4) is 0 Å². The first-order valence-corrected chi connectivity index (χ1v) is 8.91. The van der Waals surface area contributed by atoms with Gasteiger partial charge in [0.05, 0.1) is 0 Å². The van der Waals surface area contributed by atoms with Crippen LogP contribution in [-0.2, 0) is 14.0 Å². The lowest BCUT2D eigenvalue weighted by atomic mass is 10.1. The zero-order valence-electron chi connectivity index (χ0n) is 10.2. The summed E-state index contributed by atoms with van der Waals surface area (Å²) in [7, 11) is -10.5. The number of rotatable bonds is 4. The third-order valence-electron chi connectivity index (χ3n) is 3.34. The second-order valence-electron chi connectivity index (χ2n) is 4.49. The summed E-state index contributed by atoms with van der Waals surface area (Å²) in [4.78, 5) is 35.9. The van der Waals surface area contributed by atoms with Crippen LogP contribution in [-0.4, -0.2) is 31.3 Å². The minimum atomic E-state index is -5.23. The lowest BCUT2D eigenvalue weighted by Gasteiger charge is -2.34. The first-order chi connectivity index (χ1) is 9.16. The van der Waals surface area contributed by atoms with Crippen molar-refractivity contribution >= 4 is 21.3 Å². The highest BCUT2D eigenvalue weighted by molar-refractivity contribution is 7.72. The van der Waals surface area contributed by atoms with E-state index in [4.69, 9.17) is 5.11 Å². The van der Waals surface area contributed by atoms with Crippen molar-refractivity contribution in [3.05, 3.63) is 41.0 Å². The van der Waals surface area contributed by atoms with Crippen LogP contribution in [0.4, 0.5) is 0 Å². The van der Waals surface area contributed by atoms with Crippen LogP contribution in [0.5, 0.6) is 0 Å².